The number of rotatable bonds is 4. The van der Waals surface area contributed by atoms with Gasteiger partial charge in [-0.05, 0) is 25.5 Å². The van der Waals surface area contributed by atoms with Gasteiger partial charge in [-0.2, -0.15) is 18.2 Å². The van der Waals surface area contributed by atoms with E-state index in [9.17, 15) is 26.7 Å². The average Bonchev–Trinajstić information content (AvgIpc) is 2.77. The fourth-order valence-corrected chi connectivity index (χ4v) is 4.35. The third-order valence-corrected chi connectivity index (χ3v) is 6.24. The highest BCUT2D eigenvalue weighted by Crippen LogP contribution is 2.40. The standard InChI is InChI=1S/C24H21F5N6O2/c1-11-8-35(10-16(37-11)13-4-5-17(36)34(3)9-13)23-32-19(14-6-15(7-14)24(27,28)29)20-22(33-23)30-12(2)18(31-20)21(25)26/h4-5,9,11,16,21H,6,8,10H2,1-3H3. The zero-order chi connectivity index (χ0) is 26.6. The molecule has 0 spiro atoms. The molecule has 13 heteroatoms. The number of aromatic nitrogens is 5. The number of pyridine rings is 1. The van der Waals surface area contributed by atoms with Crippen molar-refractivity contribution >= 4 is 22.7 Å². The smallest absolute Gasteiger partial charge is 0.367 e. The molecule has 1 aliphatic heterocycles. The van der Waals surface area contributed by atoms with Crippen LogP contribution in [0.4, 0.5) is 27.9 Å². The van der Waals surface area contributed by atoms with Gasteiger partial charge in [-0.15, -0.1) is 5.73 Å². The Morgan fingerprint density at radius 3 is 2.51 bits per heavy atom. The highest BCUT2D eigenvalue weighted by Gasteiger charge is 2.39. The zero-order valence-electron chi connectivity index (χ0n) is 20.0. The Kier molecular flexibility index (Phi) is 6.07. The lowest BCUT2D eigenvalue weighted by atomic mass is 9.93. The number of anilines is 1. The lowest BCUT2D eigenvalue weighted by Gasteiger charge is -2.37. The van der Waals surface area contributed by atoms with Crippen LogP contribution in [0.3, 0.4) is 0 Å². The number of hydrogen-bond acceptors (Lipinski definition) is 7. The van der Waals surface area contributed by atoms with Crippen LogP contribution in [0.2, 0.25) is 0 Å². The van der Waals surface area contributed by atoms with Crippen molar-refractivity contribution in [2.75, 3.05) is 18.0 Å². The first-order chi connectivity index (χ1) is 17.4. The summed E-state index contributed by atoms with van der Waals surface area (Å²) in [6.07, 6.45) is -7.02. The maximum Gasteiger partial charge on any atom is 0.420 e. The van der Waals surface area contributed by atoms with Crippen LogP contribution in [0.1, 0.15) is 48.5 Å². The van der Waals surface area contributed by atoms with Gasteiger partial charge in [-0.3, -0.25) is 4.79 Å². The Labute approximate surface area is 207 Å². The van der Waals surface area contributed by atoms with Gasteiger partial charge in [0, 0.05) is 37.8 Å². The minimum atomic E-state index is -4.55. The number of halogens is 5. The Hall–Kier alpha value is -3.70. The molecule has 0 radical (unpaired) electrons. The number of hydrogen-bond donors (Lipinski definition) is 0. The van der Waals surface area contributed by atoms with E-state index in [0.717, 1.165) is 5.56 Å². The molecule has 0 N–H and O–H groups in total. The molecule has 194 valence electrons. The van der Waals surface area contributed by atoms with Crippen molar-refractivity contribution in [2.24, 2.45) is 7.05 Å². The van der Waals surface area contributed by atoms with Crippen molar-refractivity contribution in [3.05, 3.63) is 62.6 Å². The first-order valence-electron chi connectivity index (χ1n) is 11.4. The summed E-state index contributed by atoms with van der Waals surface area (Å²) in [7, 11) is 1.62. The van der Waals surface area contributed by atoms with Gasteiger partial charge in [0.05, 0.1) is 23.9 Å². The first kappa shape index (κ1) is 25.0. The number of ether oxygens (including phenoxy) is 1. The fraction of sp³-hybridized carbons (Fsp3) is 0.417. The Bertz CT molecular complexity index is 1530. The number of morpholine rings is 1. The van der Waals surface area contributed by atoms with Crippen molar-refractivity contribution < 1.29 is 26.7 Å². The van der Waals surface area contributed by atoms with Gasteiger partial charge in [-0.1, -0.05) is 0 Å². The number of aryl methyl sites for hydroxylation is 2. The summed E-state index contributed by atoms with van der Waals surface area (Å²) in [5.74, 6) is 0.153. The molecule has 2 atom stereocenters. The molecule has 1 saturated heterocycles. The highest BCUT2D eigenvalue weighted by atomic mass is 19.4. The molecule has 37 heavy (non-hydrogen) atoms. The number of fused-ring (bicyclic) bond motifs is 1. The second kappa shape index (κ2) is 9.00. The summed E-state index contributed by atoms with van der Waals surface area (Å²) in [4.78, 5) is 30.6. The van der Waals surface area contributed by atoms with Gasteiger partial charge < -0.3 is 14.2 Å². The minimum absolute atomic E-state index is 0.00513. The Morgan fingerprint density at radius 1 is 1.14 bits per heavy atom. The van der Waals surface area contributed by atoms with E-state index in [-0.39, 0.29) is 52.3 Å². The van der Waals surface area contributed by atoms with Crippen LogP contribution in [0.15, 0.2) is 34.4 Å². The molecule has 0 saturated carbocycles. The number of allylic oxidation sites excluding steroid dienone is 1. The maximum atomic E-state index is 13.5. The molecule has 4 heterocycles. The average molecular weight is 520 g/mol. The highest BCUT2D eigenvalue weighted by molar-refractivity contribution is 5.88. The molecule has 0 aromatic carbocycles. The van der Waals surface area contributed by atoms with Crippen LogP contribution >= 0.6 is 0 Å². The lowest BCUT2D eigenvalue weighted by Crippen LogP contribution is -2.44. The summed E-state index contributed by atoms with van der Waals surface area (Å²) in [6, 6.07) is 3.10. The van der Waals surface area contributed by atoms with E-state index in [1.165, 1.54) is 17.6 Å². The second-order valence-corrected chi connectivity index (χ2v) is 9.05. The number of alkyl halides is 5. The van der Waals surface area contributed by atoms with Crippen molar-refractivity contribution in [3.8, 4) is 0 Å². The molecule has 2 aliphatic rings. The predicted octanol–water partition coefficient (Wildman–Crippen LogP) is 4.21. The van der Waals surface area contributed by atoms with Gasteiger partial charge in [-0.25, -0.2) is 23.7 Å². The summed E-state index contributed by atoms with van der Waals surface area (Å²) in [6.45, 7) is 3.84. The normalized spacial score (nSPS) is 20.2. The third-order valence-electron chi connectivity index (χ3n) is 6.24. The molecule has 0 bridgehead atoms. The van der Waals surface area contributed by atoms with E-state index < -0.39 is 36.4 Å². The summed E-state index contributed by atoms with van der Waals surface area (Å²) in [5, 5.41) is 0. The monoisotopic (exact) mass is 520 g/mol. The second-order valence-electron chi connectivity index (χ2n) is 9.05. The minimum Gasteiger partial charge on any atom is -0.367 e. The SMILES string of the molecule is Cc1nc2nc(N3CC(C)OC(c4ccc(=O)n(C)c4)C3)nc(C3=C=C(C(F)(F)F)C3)c2nc1C(F)F. The van der Waals surface area contributed by atoms with Crippen LogP contribution in [0.25, 0.3) is 16.7 Å². The van der Waals surface area contributed by atoms with Crippen molar-refractivity contribution in [1.29, 1.82) is 0 Å². The quantitative estimate of drug-likeness (QED) is 0.377. The van der Waals surface area contributed by atoms with Crippen LogP contribution in [-0.4, -0.2) is 49.9 Å². The summed E-state index contributed by atoms with van der Waals surface area (Å²) < 4.78 is 73.8. The molecule has 8 nitrogen and oxygen atoms in total. The van der Waals surface area contributed by atoms with E-state index in [1.807, 2.05) is 6.92 Å². The number of nitrogens with zero attached hydrogens (tertiary/aromatic N) is 6. The van der Waals surface area contributed by atoms with Crippen LogP contribution in [0, 0.1) is 6.92 Å². The molecular formula is C24H21F5N6O2. The van der Waals surface area contributed by atoms with E-state index in [4.69, 9.17) is 4.74 Å². The largest absolute Gasteiger partial charge is 0.420 e. The van der Waals surface area contributed by atoms with Gasteiger partial charge in [0.25, 0.3) is 6.43 Å². The third kappa shape index (κ3) is 4.72. The molecule has 3 aromatic rings. The molecule has 1 fully saturated rings. The molecule has 5 rings (SSSR count). The van der Waals surface area contributed by atoms with Crippen LogP contribution < -0.4 is 10.5 Å². The molecular weight excluding hydrogens is 499 g/mol. The zero-order valence-corrected chi connectivity index (χ0v) is 20.0. The Balaban J connectivity index is 1.62. The molecule has 3 aromatic heterocycles. The summed E-state index contributed by atoms with van der Waals surface area (Å²) in [5.41, 5.74) is 1.32. The van der Waals surface area contributed by atoms with E-state index in [2.05, 4.69) is 25.7 Å². The van der Waals surface area contributed by atoms with E-state index in [0.29, 0.717) is 6.54 Å². The topological polar surface area (TPSA) is 86.0 Å². The van der Waals surface area contributed by atoms with Gasteiger partial charge in [0.1, 0.15) is 23.0 Å². The van der Waals surface area contributed by atoms with Crippen molar-refractivity contribution in [3.63, 3.8) is 0 Å². The van der Waals surface area contributed by atoms with E-state index in [1.54, 1.807) is 24.2 Å². The van der Waals surface area contributed by atoms with Gasteiger partial charge in [0.2, 0.25) is 11.5 Å². The summed E-state index contributed by atoms with van der Waals surface area (Å²) >= 11 is 0. The lowest BCUT2D eigenvalue weighted by molar-refractivity contribution is -0.0934. The molecule has 0 amide bonds. The first-order valence-corrected chi connectivity index (χ1v) is 11.4. The predicted molar refractivity (Wildman–Crippen MR) is 123 cm³/mol. The van der Waals surface area contributed by atoms with Crippen LogP contribution in [-0.2, 0) is 11.8 Å². The molecule has 2 unspecified atom stereocenters. The van der Waals surface area contributed by atoms with Crippen molar-refractivity contribution in [1.82, 2.24) is 24.5 Å². The Morgan fingerprint density at radius 2 is 1.86 bits per heavy atom. The van der Waals surface area contributed by atoms with Crippen molar-refractivity contribution in [2.45, 2.75) is 45.1 Å². The van der Waals surface area contributed by atoms with Gasteiger partial charge >= 0.3 is 6.18 Å². The van der Waals surface area contributed by atoms with Crippen LogP contribution in [0.5, 0.6) is 0 Å². The van der Waals surface area contributed by atoms with E-state index >= 15 is 0 Å². The van der Waals surface area contributed by atoms with Gasteiger partial charge in [0.15, 0.2) is 5.65 Å². The fourth-order valence-electron chi connectivity index (χ4n) is 4.35. The maximum absolute atomic E-state index is 13.5. The molecule has 1 aliphatic carbocycles.